The third-order valence-electron chi connectivity index (χ3n) is 6.38. The van der Waals surface area contributed by atoms with Crippen molar-refractivity contribution in [2.45, 2.75) is 51.6 Å². The normalized spacial score (nSPS) is 19.9. The number of para-hydroxylation sites is 1. The van der Waals surface area contributed by atoms with Gasteiger partial charge in [-0.05, 0) is 44.4 Å². The third kappa shape index (κ3) is 4.69. The number of nitro benzene ring substituents is 1. The van der Waals surface area contributed by atoms with E-state index in [0.717, 1.165) is 5.56 Å². The van der Waals surface area contributed by atoms with Crippen molar-refractivity contribution < 1.29 is 24.0 Å². The summed E-state index contributed by atoms with van der Waals surface area (Å²) in [5, 5.41) is 14.8. The number of carbonyl (C=O) groups is 2. The molecule has 35 heavy (non-hydrogen) atoms. The molecule has 1 N–H and O–H groups in total. The van der Waals surface area contributed by atoms with E-state index in [4.69, 9.17) is 9.47 Å². The number of nitrogens with one attached hydrogen (secondary N) is 1. The number of Topliss-reactive ketones (excluding diaryl/α,β-unsaturated/α-hetero) is 1. The van der Waals surface area contributed by atoms with Crippen LogP contribution in [0.4, 0.5) is 5.69 Å². The Morgan fingerprint density at radius 2 is 1.89 bits per heavy atom. The first-order valence-electron chi connectivity index (χ1n) is 11.5. The molecule has 2 aromatic rings. The Labute approximate surface area is 203 Å². The zero-order chi connectivity index (χ0) is 25.3. The summed E-state index contributed by atoms with van der Waals surface area (Å²) in [5.74, 6) is -0.814. The highest BCUT2D eigenvalue weighted by Gasteiger charge is 2.42. The van der Waals surface area contributed by atoms with Gasteiger partial charge in [0.25, 0.3) is 5.69 Å². The first kappa shape index (κ1) is 24.2. The Morgan fingerprint density at radius 3 is 2.57 bits per heavy atom. The van der Waals surface area contributed by atoms with Gasteiger partial charge in [0.05, 0.1) is 23.7 Å². The van der Waals surface area contributed by atoms with Gasteiger partial charge in [0.15, 0.2) is 5.78 Å². The minimum atomic E-state index is -0.761. The molecule has 0 bridgehead atoms. The number of ether oxygens (including phenoxy) is 2. The second-order valence-electron chi connectivity index (χ2n) is 9.07. The van der Waals surface area contributed by atoms with E-state index in [0.29, 0.717) is 40.3 Å². The summed E-state index contributed by atoms with van der Waals surface area (Å²) in [7, 11) is 1.60. The van der Waals surface area contributed by atoms with Crippen molar-refractivity contribution >= 4 is 17.4 Å². The van der Waals surface area contributed by atoms with Crippen molar-refractivity contribution in [3.63, 3.8) is 0 Å². The van der Waals surface area contributed by atoms with Crippen LogP contribution in [0.2, 0.25) is 0 Å². The third-order valence-corrected chi connectivity index (χ3v) is 6.38. The molecule has 0 saturated heterocycles. The number of rotatable bonds is 6. The fourth-order valence-corrected chi connectivity index (χ4v) is 4.96. The number of methoxy groups -OCH3 is 1. The number of ketones is 1. The van der Waals surface area contributed by atoms with Crippen molar-refractivity contribution in [2.75, 3.05) is 7.11 Å². The average molecular weight is 477 g/mol. The van der Waals surface area contributed by atoms with Crippen LogP contribution in [-0.2, 0) is 14.3 Å². The lowest BCUT2D eigenvalue weighted by Gasteiger charge is -2.37. The molecule has 8 nitrogen and oxygen atoms in total. The van der Waals surface area contributed by atoms with E-state index in [1.807, 2.05) is 24.3 Å². The number of hydrogen-bond donors (Lipinski definition) is 1. The summed E-state index contributed by atoms with van der Waals surface area (Å²) in [5.41, 5.74) is 3.38. The van der Waals surface area contributed by atoms with Gasteiger partial charge in [0.1, 0.15) is 5.75 Å². The van der Waals surface area contributed by atoms with Crippen LogP contribution in [0.5, 0.6) is 5.75 Å². The Bertz CT molecular complexity index is 1260. The first-order valence-corrected chi connectivity index (χ1v) is 11.5. The fraction of sp³-hybridized carbons (Fsp3) is 0.333. The number of nitro groups is 1. The van der Waals surface area contributed by atoms with Gasteiger partial charge >= 0.3 is 5.97 Å². The second kappa shape index (κ2) is 9.74. The van der Waals surface area contributed by atoms with Crippen LogP contribution in [-0.4, -0.2) is 29.9 Å². The lowest BCUT2D eigenvalue weighted by atomic mass is 9.71. The van der Waals surface area contributed by atoms with Gasteiger partial charge < -0.3 is 14.8 Å². The predicted octanol–water partition coefficient (Wildman–Crippen LogP) is 4.92. The molecule has 2 atom stereocenters. The fourth-order valence-electron chi connectivity index (χ4n) is 4.96. The molecule has 8 heteroatoms. The zero-order valence-electron chi connectivity index (χ0n) is 20.2. The monoisotopic (exact) mass is 476 g/mol. The average Bonchev–Trinajstić information content (AvgIpc) is 2.82. The Kier molecular flexibility index (Phi) is 6.73. The highest BCUT2D eigenvalue weighted by molar-refractivity contribution is 6.04. The molecule has 0 fully saturated rings. The molecule has 0 aromatic heterocycles. The maximum atomic E-state index is 13.7. The number of nitrogens with zero attached hydrogens (tertiary/aromatic N) is 1. The molecule has 1 heterocycles. The largest absolute Gasteiger partial charge is 0.496 e. The quantitative estimate of drug-likeness (QED) is 0.358. The molecule has 0 amide bonds. The van der Waals surface area contributed by atoms with E-state index < -0.39 is 16.8 Å². The molecule has 1 aliphatic carbocycles. The number of carbonyl (C=O) groups excluding carboxylic acids is 2. The highest BCUT2D eigenvalue weighted by Crippen LogP contribution is 2.47. The van der Waals surface area contributed by atoms with Crippen molar-refractivity contribution in [1.29, 1.82) is 0 Å². The highest BCUT2D eigenvalue weighted by atomic mass is 16.6. The van der Waals surface area contributed by atoms with Crippen LogP contribution in [0.25, 0.3) is 0 Å². The van der Waals surface area contributed by atoms with Gasteiger partial charge in [-0.2, -0.15) is 0 Å². The molecule has 2 aliphatic rings. The van der Waals surface area contributed by atoms with Crippen molar-refractivity contribution in [2.24, 2.45) is 0 Å². The summed E-state index contributed by atoms with van der Waals surface area (Å²) >= 11 is 0. The lowest BCUT2D eigenvalue weighted by Crippen LogP contribution is -2.36. The molecule has 0 spiro atoms. The van der Waals surface area contributed by atoms with E-state index in [-0.39, 0.29) is 29.9 Å². The molecule has 0 unspecified atom stereocenters. The van der Waals surface area contributed by atoms with Gasteiger partial charge in [0.2, 0.25) is 0 Å². The van der Waals surface area contributed by atoms with Crippen LogP contribution in [0.1, 0.15) is 56.6 Å². The van der Waals surface area contributed by atoms with Gasteiger partial charge in [-0.25, -0.2) is 4.79 Å². The van der Waals surface area contributed by atoms with E-state index in [2.05, 4.69) is 5.32 Å². The molecule has 1 aliphatic heterocycles. The number of dihydropyridines is 1. The maximum absolute atomic E-state index is 13.7. The number of allylic oxidation sites excluding steroid dienone is 3. The first-order chi connectivity index (χ1) is 16.7. The summed E-state index contributed by atoms with van der Waals surface area (Å²) in [6.45, 7) is 5.27. The minimum Gasteiger partial charge on any atom is -0.496 e. The smallest absolute Gasteiger partial charge is 0.337 e. The van der Waals surface area contributed by atoms with Crippen molar-refractivity contribution in [3.8, 4) is 5.75 Å². The van der Waals surface area contributed by atoms with Crippen LogP contribution >= 0.6 is 0 Å². The number of non-ortho nitro benzene ring substituents is 1. The van der Waals surface area contributed by atoms with Gasteiger partial charge in [-0.3, -0.25) is 14.9 Å². The van der Waals surface area contributed by atoms with Crippen molar-refractivity contribution in [3.05, 3.63) is 92.3 Å². The summed E-state index contributed by atoms with van der Waals surface area (Å²) in [6, 6.07) is 13.7. The van der Waals surface area contributed by atoms with E-state index in [1.165, 1.54) is 12.1 Å². The van der Waals surface area contributed by atoms with Crippen molar-refractivity contribution in [1.82, 2.24) is 5.32 Å². The van der Waals surface area contributed by atoms with E-state index >= 15 is 0 Å². The Balaban J connectivity index is 1.83. The van der Waals surface area contributed by atoms with Crippen LogP contribution in [0.15, 0.2) is 71.1 Å². The predicted molar refractivity (Wildman–Crippen MR) is 130 cm³/mol. The Hall–Kier alpha value is -3.94. The topological polar surface area (TPSA) is 108 Å². The number of hydrogen-bond acceptors (Lipinski definition) is 7. The number of esters is 1. The lowest BCUT2D eigenvalue weighted by molar-refractivity contribution is -0.384. The molecule has 4 rings (SSSR count). The summed E-state index contributed by atoms with van der Waals surface area (Å²) < 4.78 is 11.0. The molecule has 0 radical (unpaired) electrons. The Morgan fingerprint density at radius 1 is 1.14 bits per heavy atom. The second-order valence-corrected chi connectivity index (χ2v) is 9.07. The number of benzene rings is 2. The molecular weight excluding hydrogens is 448 g/mol. The van der Waals surface area contributed by atoms with E-state index in [9.17, 15) is 19.7 Å². The minimum absolute atomic E-state index is 0.104. The zero-order valence-corrected chi connectivity index (χ0v) is 20.2. The molecule has 2 aromatic carbocycles. The molecule has 0 saturated carbocycles. The van der Waals surface area contributed by atoms with Gasteiger partial charge in [-0.15, -0.1) is 0 Å². The SMILES string of the molecule is COc1ccccc1[C@H]1CC(=O)C2=C(C1)NC(C)=C(C(=O)OC(C)C)[C@@H]2c1cccc([N+](=O)[O-])c1. The summed E-state index contributed by atoms with van der Waals surface area (Å²) in [4.78, 5) is 37.8. The van der Waals surface area contributed by atoms with E-state index in [1.54, 1.807) is 40.0 Å². The van der Waals surface area contributed by atoms with Gasteiger partial charge in [-0.1, -0.05) is 30.3 Å². The van der Waals surface area contributed by atoms with Crippen LogP contribution in [0, 0.1) is 10.1 Å². The van der Waals surface area contributed by atoms with Crippen LogP contribution in [0.3, 0.4) is 0 Å². The van der Waals surface area contributed by atoms with Crippen LogP contribution < -0.4 is 10.1 Å². The van der Waals surface area contributed by atoms with Gasteiger partial charge in [0, 0.05) is 47.4 Å². The summed E-state index contributed by atoms with van der Waals surface area (Å²) in [6.07, 6.45) is 0.412. The molecule has 182 valence electrons. The maximum Gasteiger partial charge on any atom is 0.337 e. The molecular formula is C27H28N2O6. The standard InChI is InChI=1S/C27H28N2O6/c1-15(2)35-27(31)24-16(3)28-21-13-18(20-10-5-6-11-23(20)34-4)14-22(30)26(21)25(24)17-8-7-9-19(12-17)29(32)33/h5-12,15,18,25,28H,13-14H2,1-4H3/t18-,25+/m1/s1.